The molecule has 1 aliphatic heterocycles. The number of fused-ring (bicyclic) bond motifs is 1. The van der Waals surface area contributed by atoms with Crippen LogP contribution in [0.15, 0.2) is 24.3 Å². The Hall–Kier alpha value is -1.17. The molecule has 0 bridgehead atoms. The van der Waals surface area contributed by atoms with E-state index in [0.717, 1.165) is 36.9 Å². The fourth-order valence-electron chi connectivity index (χ4n) is 2.14. The molecular formula is C13H17N3OS. The number of para-hydroxylation sites is 1. The van der Waals surface area contributed by atoms with Crippen molar-refractivity contribution >= 4 is 26.7 Å². The third-order valence-corrected chi connectivity index (χ3v) is 4.24. The van der Waals surface area contributed by atoms with Crippen molar-refractivity contribution in [3.8, 4) is 0 Å². The summed E-state index contributed by atoms with van der Waals surface area (Å²) in [6.07, 6.45) is 0.260. The van der Waals surface area contributed by atoms with Crippen LogP contribution in [0.3, 0.4) is 0 Å². The van der Waals surface area contributed by atoms with Gasteiger partial charge in [0.05, 0.1) is 22.9 Å². The Labute approximate surface area is 111 Å². The van der Waals surface area contributed by atoms with Crippen molar-refractivity contribution in [3.05, 3.63) is 24.3 Å². The molecule has 1 aliphatic rings. The number of ether oxygens (including phenoxy) is 1. The van der Waals surface area contributed by atoms with Crippen LogP contribution in [0.4, 0.5) is 5.13 Å². The maximum Gasteiger partial charge on any atom is 0.186 e. The van der Waals surface area contributed by atoms with E-state index < -0.39 is 0 Å². The molecule has 1 N–H and O–H groups in total. The Morgan fingerprint density at radius 3 is 3.17 bits per heavy atom. The molecule has 96 valence electrons. The van der Waals surface area contributed by atoms with E-state index in [1.807, 2.05) is 6.07 Å². The van der Waals surface area contributed by atoms with Gasteiger partial charge in [0.25, 0.3) is 0 Å². The summed E-state index contributed by atoms with van der Waals surface area (Å²) in [7, 11) is 2.08. The number of thiazole rings is 1. The number of nitrogens with zero attached hydrogens (tertiary/aromatic N) is 2. The maximum absolute atomic E-state index is 5.72. The van der Waals surface area contributed by atoms with Crippen LogP contribution in [0.5, 0.6) is 0 Å². The quantitative estimate of drug-likeness (QED) is 0.915. The van der Waals surface area contributed by atoms with Crippen molar-refractivity contribution in [1.29, 1.82) is 0 Å². The molecule has 4 nitrogen and oxygen atoms in total. The number of likely N-dealkylation sites (N-methyl/N-ethyl adjacent to an activating group) is 1. The maximum atomic E-state index is 5.72. The Bertz CT molecular complexity index is 489. The van der Waals surface area contributed by atoms with Crippen LogP contribution < -0.4 is 10.2 Å². The van der Waals surface area contributed by atoms with Crippen LogP contribution in [-0.2, 0) is 4.74 Å². The molecule has 2 aromatic rings. The average Bonchev–Trinajstić information content (AvgIpc) is 2.84. The Morgan fingerprint density at radius 2 is 2.39 bits per heavy atom. The average molecular weight is 263 g/mol. The molecule has 2 heterocycles. The fraction of sp³-hybridized carbons (Fsp3) is 0.462. The lowest BCUT2D eigenvalue weighted by Crippen LogP contribution is -2.44. The molecule has 1 atom stereocenters. The molecule has 0 aliphatic carbocycles. The topological polar surface area (TPSA) is 37.4 Å². The summed E-state index contributed by atoms with van der Waals surface area (Å²) in [6.45, 7) is 3.57. The van der Waals surface area contributed by atoms with Gasteiger partial charge in [0, 0.05) is 26.7 Å². The monoisotopic (exact) mass is 263 g/mol. The summed E-state index contributed by atoms with van der Waals surface area (Å²) in [5, 5.41) is 4.41. The predicted molar refractivity (Wildman–Crippen MR) is 75.5 cm³/mol. The molecule has 0 spiro atoms. The molecule has 3 rings (SSSR count). The lowest BCUT2D eigenvalue weighted by Gasteiger charge is -2.27. The molecule has 1 saturated heterocycles. The molecule has 1 aromatic carbocycles. The number of benzene rings is 1. The van der Waals surface area contributed by atoms with E-state index in [9.17, 15) is 0 Å². The van der Waals surface area contributed by atoms with Crippen molar-refractivity contribution in [2.75, 3.05) is 38.2 Å². The summed E-state index contributed by atoms with van der Waals surface area (Å²) in [6, 6.07) is 8.25. The molecule has 0 saturated carbocycles. The van der Waals surface area contributed by atoms with Crippen molar-refractivity contribution in [2.24, 2.45) is 0 Å². The van der Waals surface area contributed by atoms with E-state index in [1.54, 1.807) is 11.3 Å². The Kier molecular flexibility index (Phi) is 3.45. The first-order valence-corrected chi connectivity index (χ1v) is 7.03. The zero-order valence-corrected chi connectivity index (χ0v) is 11.2. The summed E-state index contributed by atoms with van der Waals surface area (Å²) in [5.41, 5.74) is 1.08. The van der Waals surface area contributed by atoms with Crippen molar-refractivity contribution in [1.82, 2.24) is 10.3 Å². The highest BCUT2D eigenvalue weighted by Gasteiger charge is 2.17. The number of anilines is 1. The third-order valence-electron chi connectivity index (χ3n) is 3.09. The second kappa shape index (κ2) is 5.22. The largest absolute Gasteiger partial charge is 0.374 e. The Morgan fingerprint density at radius 1 is 1.50 bits per heavy atom. The van der Waals surface area contributed by atoms with Crippen LogP contribution in [-0.4, -0.2) is 44.4 Å². The van der Waals surface area contributed by atoms with E-state index in [1.165, 1.54) is 4.70 Å². The minimum atomic E-state index is 0.260. The Balaban J connectivity index is 1.72. The summed E-state index contributed by atoms with van der Waals surface area (Å²) < 4.78 is 6.95. The molecular weight excluding hydrogens is 246 g/mol. The fourth-order valence-corrected chi connectivity index (χ4v) is 3.08. The zero-order chi connectivity index (χ0) is 12.4. The third kappa shape index (κ3) is 2.48. The SMILES string of the molecule is CN(CC1CNCCO1)c1nc2ccccc2s1. The van der Waals surface area contributed by atoms with Crippen LogP contribution in [0.25, 0.3) is 10.2 Å². The van der Waals surface area contributed by atoms with E-state index in [0.29, 0.717) is 0 Å². The van der Waals surface area contributed by atoms with Gasteiger partial charge in [-0.15, -0.1) is 0 Å². The van der Waals surface area contributed by atoms with E-state index in [2.05, 4.69) is 40.4 Å². The molecule has 5 heteroatoms. The smallest absolute Gasteiger partial charge is 0.186 e. The lowest BCUT2D eigenvalue weighted by molar-refractivity contribution is 0.0340. The van der Waals surface area contributed by atoms with Gasteiger partial charge in [-0.1, -0.05) is 23.5 Å². The first-order valence-electron chi connectivity index (χ1n) is 6.22. The second-order valence-corrected chi connectivity index (χ2v) is 5.55. The van der Waals surface area contributed by atoms with Gasteiger partial charge in [0.15, 0.2) is 5.13 Å². The van der Waals surface area contributed by atoms with E-state index >= 15 is 0 Å². The predicted octanol–water partition coefficient (Wildman–Crippen LogP) is 1.72. The van der Waals surface area contributed by atoms with Crippen LogP contribution in [0, 0.1) is 0 Å². The summed E-state index contributed by atoms with van der Waals surface area (Å²) in [4.78, 5) is 6.83. The molecule has 18 heavy (non-hydrogen) atoms. The normalized spacial score (nSPS) is 20.2. The standard InChI is InChI=1S/C13H17N3OS/c1-16(9-10-8-14-6-7-17-10)13-15-11-4-2-3-5-12(11)18-13/h2-5,10,14H,6-9H2,1H3. The van der Waals surface area contributed by atoms with E-state index in [-0.39, 0.29) is 6.10 Å². The minimum Gasteiger partial charge on any atom is -0.374 e. The number of aromatic nitrogens is 1. The first-order chi connectivity index (χ1) is 8.83. The van der Waals surface area contributed by atoms with Gasteiger partial charge in [-0.2, -0.15) is 0 Å². The zero-order valence-electron chi connectivity index (χ0n) is 10.4. The number of nitrogens with one attached hydrogen (secondary N) is 1. The van der Waals surface area contributed by atoms with Gasteiger partial charge < -0.3 is 15.0 Å². The van der Waals surface area contributed by atoms with Gasteiger partial charge in [0.1, 0.15) is 0 Å². The van der Waals surface area contributed by atoms with Gasteiger partial charge in [-0.25, -0.2) is 4.98 Å². The van der Waals surface area contributed by atoms with Crippen molar-refractivity contribution < 1.29 is 4.74 Å². The molecule has 1 unspecified atom stereocenters. The highest BCUT2D eigenvalue weighted by molar-refractivity contribution is 7.22. The minimum absolute atomic E-state index is 0.260. The van der Waals surface area contributed by atoms with Crippen molar-refractivity contribution in [2.45, 2.75) is 6.10 Å². The summed E-state index contributed by atoms with van der Waals surface area (Å²) >= 11 is 1.73. The van der Waals surface area contributed by atoms with Crippen LogP contribution >= 0.6 is 11.3 Å². The van der Waals surface area contributed by atoms with Crippen molar-refractivity contribution in [3.63, 3.8) is 0 Å². The van der Waals surface area contributed by atoms with Crippen LogP contribution in [0.2, 0.25) is 0 Å². The van der Waals surface area contributed by atoms with Gasteiger partial charge in [-0.3, -0.25) is 0 Å². The second-order valence-electron chi connectivity index (χ2n) is 4.54. The van der Waals surface area contributed by atoms with Gasteiger partial charge in [-0.05, 0) is 12.1 Å². The van der Waals surface area contributed by atoms with Gasteiger partial charge in [0.2, 0.25) is 0 Å². The number of hydrogen-bond donors (Lipinski definition) is 1. The highest BCUT2D eigenvalue weighted by Crippen LogP contribution is 2.27. The van der Waals surface area contributed by atoms with E-state index in [4.69, 9.17) is 4.74 Å². The molecule has 1 fully saturated rings. The lowest BCUT2D eigenvalue weighted by atomic mass is 10.3. The molecule has 0 amide bonds. The number of morpholine rings is 1. The number of rotatable bonds is 3. The highest BCUT2D eigenvalue weighted by atomic mass is 32.1. The molecule has 1 aromatic heterocycles. The van der Waals surface area contributed by atoms with Crippen LogP contribution in [0.1, 0.15) is 0 Å². The first kappa shape index (κ1) is 11.9. The molecule has 0 radical (unpaired) electrons. The van der Waals surface area contributed by atoms with Gasteiger partial charge >= 0.3 is 0 Å². The summed E-state index contributed by atoms with van der Waals surface area (Å²) in [5.74, 6) is 0. The number of hydrogen-bond acceptors (Lipinski definition) is 5.